The molecule has 0 bridgehead atoms. The molecule has 2 aromatic rings. The Kier molecular flexibility index (Phi) is 6.28. The van der Waals surface area contributed by atoms with Crippen molar-refractivity contribution in [1.82, 2.24) is 4.90 Å². The van der Waals surface area contributed by atoms with Crippen LogP contribution in [-0.2, 0) is 9.53 Å². The van der Waals surface area contributed by atoms with Crippen LogP contribution in [0.15, 0.2) is 54.6 Å². The predicted octanol–water partition coefficient (Wildman–Crippen LogP) is 3.00. The van der Waals surface area contributed by atoms with Gasteiger partial charge in [0.15, 0.2) is 0 Å². The average molecular weight is 383 g/mol. The Morgan fingerprint density at radius 1 is 1.11 bits per heavy atom. The van der Waals surface area contributed by atoms with E-state index in [0.717, 1.165) is 5.56 Å². The van der Waals surface area contributed by atoms with Gasteiger partial charge >= 0.3 is 6.03 Å². The van der Waals surface area contributed by atoms with Crippen molar-refractivity contribution in [2.24, 2.45) is 0 Å². The van der Waals surface area contributed by atoms with Gasteiger partial charge in [-0.2, -0.15) is 0 Å². The zero-order valence-electron chi connectivity index (χ0n) is 16.0. The number of morpholine rings is 1. The van der Waals surface area contributed by atoms with Crippen LogP contribution >= 0.6 is 0 Å². The molecule has 2 aromatic carbocycles. The van der Waals surface area contributed by atoms with Gasteiger partial charge in [0.1, 0.15) is 12.7 Å². The van der Waals surface area contributed by atoms with Gasteiger partial charge in [0, 0.05) is 17.4 Å². The van der Waals surface area contributed by atoms with Crippen LogP contribution in [0.3, 0.4) is 0 Å². The largest absolute Gasteiger partial charge is 0.394 e. The van der Waals surface area contributed by atoms with E-state index in [9.17, 15) is 14.7 Å². The molecule has 7 nitrogen and oxygen atoms in total. The lowest BCUT2D eigenvalue weighted by atomic mass is 9.98. The second-order valence-electron chi connectivity index (χ2n) is 6.94. The molecule has 0 spiro atoms. The van der Waals surface area contributed by atoms with Gasteiger partial charge in [-0.15, -0.1) is 0 Å². The van der Waals surface area contributed by atoms with Crippen molar-refractivity contribution in [1.29, 1.82) is 0 Å². The molecule has 2 atom stereocenters. The summed E-state index contributed by atoms with van der Waals surface area (Å²) in [5.74, 6) is -0.124. The van der Waals surface area contributed by atoms with Gasteiger partial charge in [0.2, 0.25) is 5.91 Å². The van der Waals surface area contributed by atoms with Crippen molar-refractivity contribution in [3.05, 3.63) is 60.2 Å². The number of hydrogen-bond donors (Lipinski definition) is 3. The van der Waals surface area contributed by atoms with Gasteiger partial charge in [-0.1, -0.05) is 30.3 Å². The average Bonchev–Trinajstić information content (AvgIpc) is 2.68. The normalized spacial score (nSPS) is 19.6. The second-order valence-corrected chi connectivity index (χ2v) is 6.94. The maximum absolute atomic E-state index is 12.1. The van der Waals surface area contributed by atoms with Crippen molar-refractivity contribution in [3.8, 4) is 0 Å². The first kappa shape index (κ1) is 19.9. The number of ether oxygens (including phenoxy) is 1. The maximum atomic E-state index is 12.1. The van der Waals surface area contributed by atoms with Gasteiger partial charge in [-0.05, 0) is 43.7 Å². The molecule has 0 radical (unpaired) electrons. The number of carbonyl (C=O) groups is 2. The molecule has 0 saturated carbocycles. The minimum Gasteiger partial charge on any atom is -0.394 e. The highest BCUT2D eigenvalue weighted by Crippen LogP contribution is 2.31. The van der Waals surface area contributed by atoms with E-state index in [2.05, 4.69) is 10.6 Å². The molecule has 1 fully saturated rings. The Balaban J connectivity index is 1.68. The van der Waals surface area contributed by atoms with Gasteiger partial charge in [0.05, 0.1) is 12.6 Å². The summed E-state index contributed by atoms with van der Waals surface area (Å²) in [6.45, 7) is 3.63. The van der Waals surface area contributed by atoms with E-state index >= 15 is 0 Å². The molecule has 3 amide bonds. The van der Waals surface area contributed by atoms with Crippen molar-refractivity contribution in [3.63, 3.8) is 0 Å². The van der Waals surface area contributed by atoms with Gasteiger partial charge in [-0.25, -0.2) is 4.79 Å². The van der Waals surface area contributed by atoms with E-state index in [0.29, 0.717) is 11.4 Å². The molecular weight excluding hydrogens is 358 g/mol. The van der Waals surface area contributed by atoms with Crippen molar-refractivity contribution in [2.45, 2.75) is 32.0 Å². The topological polar surface area (TPSA) is 90.9 Å². The number of anilines is 2. The first-order valence-corrected chi connectivity index (χ1v) is 9.26. The minimum atomic E-state index is -0.443. The summed E-state index contributed by atoms with van der Waals surface area (Å²) in [5.41, 5.74) is 2.17. The summed E-state index contributed by atoms with van der Waals surface area (Å²) in [6, 6.07) is 15.6. The Hall–Kier alpha value is -2.90. The molecule has 1 aliphatic rings. The Morgan fingerprint density at radius 2 is 1.71 bits per heavy atom. The molecule has 7 heteroatoms. The molecular formula is C21H25N3O4. The van der Waals surface area contributed by atoms with E-state index < -0.39 is 12.1 Å². The number of hydrogen-bond acceptors (Lipinski definition) is 4. The van der Waals surface area contributed by atoms with E-state index in [-0.39, 0.29) is 31.2 Å². The Bertz CT molecular complexity index is 808. The molecule has 28 heavy (non-hydrogen) atoms. The molecule has 1 saturated heterocycles. The zero-order chi connectivity index (χ0) is 20.1. The van der Waals surface area contributed by atoms with Crippen molar-refractivity contribution >= 4 is 23.3 Å². The molecule has 1 aliphatic heterocycles. The third-order valence-electron chi connectivity index (χ3n) is 4.65. The third-order valence-corrected chi connectivity index (χ3v) is 4.65. The minimum absolute atomic E-state index is 0.0150. The molecule has 148 valence electrons. The van der Waals surface area contributed by atoms with Crippen LogP contribution in [0, 0.1) is 0 Å². The van der Waals surface area contributed by atoms with E-state index in [1.165, 1.54) is 0 Å². The maximum Gasteiger partial charge on any atom is 0.323 e. The second kappa shape index (κ2) is 8.86. The summed E-state index contributed by atoms with van der Waals surface area (Å²) in [6.07, 6.45) is -0.419. The lowest BCUT2D eigenvalue weighted by molar-refractivity contribution is -0.164. The van der Waals surface area contributed by atoms with Crippen LogP contribution in [0.4, 0.5) is 16.2 Å². The van der Waals surface area contributed by atoms with Gasteiger partial charge in [-0.3, -0.25) is 4.79 Å². The summed E-state index contributed by atoms with van der Waals surface area (Å²) in [4.78, 5) is 25.9. The van der Waals surface area contributed by atoms with E-state index in [1.807, 2.05) is 44.2 Å². The third kappa shape index (κ3) is 4.49. The van der Waals surface area contributed by atoms with Crippen LogP contribution in [0.25, 0.3) is 0 Å². The van der Waals surface area contributed by atoms with Crippen LogP contribution in [0.1, 0.15) is 25.5 Å². The lowest BCUT2D eigenvalue weighted by Gasteiger charge is -2.42. The number of para-hydroxylation sites is 1. The van der Waals surface area contributed by atoms with E-state index in [4.69, 9.17) is 4.74 Å². The number of rotatable bonds is 5. The highest BCUT2D eigenvalue weighted by molar-refractivity contribution is 5.99. The molecule has 3 rings (SSSR count). The Morgan fingerprint density at radius 3 is 2.29 bits per heavy atom. The lowest BCUT2D eigenvalue weighted by Crippen LogP contribution is -2.55. The van der Waals surface area contributed by atoms with Crippen molar-refractivity contribution < 1.29 is 19.4 Å². The number of amides is 3. The van der Waals surface area contributed by atoms with Crippen LogP contribution in [0.2, 0.25) is 0 Å². The highest BCUT2D eigenvalue weighted by atomic mass is 16.5. The summed E-state index contributed by atoms with van der Waals surface area (Å²) in [5, 5.41) is 15.4. The van der Waals surface area contributed by atoms with Gasteiger partial charge in [0.25, 0.3) is 0 Å². The number of nitrogens with zero attached hydrogens (tertiary/aromatic N) is 1. The molecule has 0 aromatic heterocycles. The van der Waals surface area contributed by atoms with Gasteiger partial charge < -0.3 is 25.4 Å². The summed E-state index contributed by atoms with van der Waals surface area (Å²) >= 11 is 0. The molecule has 2 unspecified atom stereocenters. The fourth-order valence-corrected chi connectivity index (χ4v) is 3.42. The van der Waals surface area contributed by atoms with E-state index in [1.54, 1.807) is 29.2 Å². The number of carbonyl (C=O) groups excluding carboxylic acids is 2. The number of urea groups is 1. The summed E-state index contributed by atoms with van der Waals surface area (Å²) in [7, 11) is 0. The highest BCUT2D eigenvalue weighted by Gasteiger charge is 2.38. The smallest absolute Gasteiger partial charge is 0.323 e. The predicted molar refractivity (Wildman–Crippen MR) is 107 cm³/mol. The van der Waals surface area contributed by atoms with Crippen LogP contribution < -0.4 is 10.6 Å². The van der Waals surface area contributed by atoms with Crippen molar-refractivity contribution in [2.75, 3.05) is 23.8 Å². The number of aliphatic hydroxyl groups excluding tert-OH is 1. The SMILES string of the molecule is CC(C)N1C(=O)COC(c2ccc(NC(=O)Nc3ccccc3)cc2)C1CO. The number of aliphatic hydroxyl groups is 1. The first-order chi connectivity index (χ1) is 13.5. The Labute approximate surface area is 164 Å². The molecule has 0 aliphatic carbocycles. The summed E-state index contributed by atoms with van der Waals surface area (Å²) < 4.78 is 5.71. The standard InChI is InChI=1S/C21H25N3O4/c1-14(2)24-18(12-25)20(28-13-19(24)26)15-8-10-17(11-9-15)23-21(27)22-16-6-4-3-5-7-16/h3-11,14,18,20,25H,12-13H2,1-2H3,(H2,22,23,27). The fourth-order valence-electron chi connectivity index (χ4n) is 3.42. The molecule has 3 N–H and O–H groups in total. The number of nitrogens with one attached hydrogen (secondary N) is 2. The number of benzene rings is 2. The zero-order valence-corrected chi connectivity index (χ0v) is 16.0. The fraction of sp³-hybridized carbons (Fsp3) is 0.333. The van der Waals surface area contributed by atoms with Crippen LogP contribution in [0.5, 0.6) is 0 Å². The molecule has 1 heterocycles. The monoisotopic (exact) mass is 383 g/mol. The van der Waals surface area contributed by atoms with Crippen LogP contribution in [-0.4, -0.2) is 47.2 Å². The quantitative estimate of drug-likeness (QED) is 0.740. The first-order valence-electron chi connectivity index (χ1n) is 9.26.